The molecule has 2 amide bonds. The van der Waals surface area contributed by atoms with E-state index in [9.17, 15) is 35.9 Å². The van der Waals surface area contributed by atoms with E-state index in [1.807, 2.05) is 0 Å². The third-order valence-electron chi connectivity index (χ3n) is 6.41. The molecule has 1 aromatic carbocycles. The molecular weight excluding hydrogens is 464 g/mol. The fraction of sp³-hybridized carbons (Fsp3) is 0.652. The Labute approximate surface area is 195 Å². The van der Waals surface area contributed by atoms with Crippen molar-refractivity contribution in [3.63, 3.8) is 0 Å². The average Bonchev–Trinajstić information content (AvgIpc) is 2.83. The molecule has 5 nitrogen and oxygen atoms in total. The Bertz CT molecular complexity index is 825. The summed E-state index contributed by atoms with van der Waals surface area (Å²) in [7, 11) is 0.500. The minimum Gasteiger partial charge on any atom is -0.352 e. The number of nitrogens with one attached hydrogen (secondary N) is 1. The molecular formula is C23H31F6N3O2. The quantitative estimate of drug-likeness (QED) is 0.581. The van der Waals surface area contributed by atoms with E-state index in [4.69, 9.17) is 5.73 Å². The molecule has 34 heavy (non-hydrogen) atoms. The molecule has 2 aliphatic rings. The zero-order valence-electron chi connectivity index (χ0n) is 19.0. The summed E-state index contributed by atoms with van der Waals surface area (Å²) >= 11 is 0. The molecule has 0 unspecified atom stereocenters. The highest BCUT2D eigenvalue weighted by Gasteiger charge is 2.34. The van der Waals surface area contributed by atoms with Gasteiger partial charge in [-0.3, -0.25) is 14.0 Å². The topological polar surface area (TPSA) is 75.4 Å². The molecule has 3 N–H and O–H groups in total. The monoisotopic (exact) mass is 495 g/mol. The van der Waals surface area contributed by atoms with Crippen LogP contribution in [0.15, 0.2) is 18.2 Å². The molecule has 2 atom stereocenters. The van der Waals surface area contributed by atoms with E-state index in [1.54, 1.807) is 4.90 Å². The van der Waals surface area contributed by atoms with Gasteiger partial charge in [0.05, 0.1) is 18.7 Å². The lowest BCUT2D eigenvalue weighted by Crippen LogP contribution is -2.49. The number of likely N-dealkylation sites (tertiary alicyclic amines) is 1. The van der Waals surface area contributed by atoms with E-state index in [2.05, 4.69) is 5.32 Å². The number of halogens is 6. The van der Waals surface area contributed by atoms with E-state index in [1.165, 1.54) is 0 Å². The molecule has 3 rings (SSSR count). The van der Waals surface area contributed by atoms with Crippen molar-refractivity contribution >= 4 is 11.8 Å². The first kappa shape index (κ1) is 27.9. The second-order valence-corrected chi connectivity index (χ2v) is 8.68. The van der Waals surface area contributed by atoms with Crippen molar-refractivity contribution in [2.45, 2.75) is 57.2 Å². The Morgan fingerprint density at radius 3 is 2.24 bits per heavy atom. The van der Waals surface area contributed by atoms with Gasteiger partial charge in [0, 0.05) is 36.8 Å². The predicted octanol–water partition coefficient (Wildman–Crippen LogP) is 4.71. The summed E-state index contributed by atoms with van der Waals surface area (Å²) in [5, 5.41) is 2.55. The van der Waals surface area contributed by atoms with Crippen LogP contribution < -0.4 is 11.1 Å². The number of alkyl halides is 6. The molecule has 1 saturated heterocycles. The number of benzene rings is 1. The Balaban J connectivity index is 0.00000199. The van der Waals surface area contributed by atoms with E-state index < -0.39 is 35.2 Å². The molecule has 192 valence electrons. The maximum Gasteiger partial charge on any atom is 0.416 e. The fourth-order valence-corrected chi connectivity index (χ4v) is 4.47. The number of rotatable bonds is 5. The maximum absolute atomic E-state index is 13.0. The van der Waals surface area contributed by atoms with Crippen molar-refractivity contribution in [2.75, 3.05) is 26.8 Å². The summed E-state index contributed by atoms with van der Waals surface area (Å²) in [5.74, 6) is -0.860. The maximum atomic E-state index is 13.0. The molecule has 1 aromatic rings. The number of hydrogen-bond acceptors (Lipinski definition) is 3. The summed E-state index contributed by atoms with van der Waals surface area (Å²) in [4.78, 5) is 26.9. The molecule has 0 spiro atoms. The van der Waals surface area contributed by atoms with E-state index in [0.29, 0.717) is 45.2 Å². The van der Waals surface area contributed by atoms with Gasteiger partial charge in [0.1, 0.15) is 0 Å². The molecule has 0 bridgehead atoms. The summed E-state index contributed by atoms with van der Waals surface area (Å²) in [6, 6.07) is 1.60. The summed E-state index contributed by atoms with van der Waals surface area (Å²) in [6.45, 7) is 1.26. The van der Waals surface area contributed by atoms with Crippen LogP contribution in [0, 0.1) is 11.8 Å². The molecule has 0 aromatic heterocycles. The number of hydrogen-bond donors (Lipinski definition) is 2. The van der Waals surface area contributed by atoms with Crippen LogP contribution in [-0.2, 0) is 11.0 Å². The van der Waals surface area contributed by atoms with E-state index in [-0.39, 0.29) is 30.3 Å². The average molecular weight is 496 g/mol. The normalized spacial score (nSPS) is 21.6. The second-order valence-electron chi connectivity index (χ2n) is 8.68. The SMILES string of the molecule is CF.N[C@H]1CCCC[C@H]1C(=O)N1CCC(CNC(=O)c2cc(C(F)F)cc(C(F)(F)F)c2)CC1. The van der Waals surface area contributed by atoms with Gasteiger partial charge in [-0.05, 0) is 49.8 Å². The van der Waals surface area contributed by atoms with Crippen molar-refractivity contribution in [3.8, 4) is 0 Å². The van der Waals surface area contributed by atoms with Crippen LogP contribution in [0.4, 0.5) is 26.3 Å². The van der Waals surface area contributed by atoms with Gasteiger partial charge < -0.3 is 16.0 Å². The predicted molar refractivity (Wildman–Crippen MR) is 115 cm³/mol. The third kappa shape index (κ3) is 7.35. The van der Waals surface area contributed by atoms with Gasteiger partial charge in [-0.25, -0.2) is 8.78 Å². The molecule has 11 heteroatoms. The lowest BCUT2D eigenvalue weighted by molar-refractivity contribution is -0.139. The molecule has 0 radical (unpaired) electrons. The minimum absolute atomic E-state index is 0.0448. The summed E-state index contributed by atoms with van der Waals surface area (Å²) in [6.07, 6.45) is -3.00. The van der Waals surface area contributed by atoms with Crippen LogP contribution in [0.5, 0.6) is 0 Å². The molecule has 2 fully saturated rings. The molecule has 1 saturated carbocycles. The number of nitrogens with two attached hydrogens (primary N) is 1. The van der Waals surface area contributed by atoms with Crippen LogP contribution >= 0.6 is 0 Å². The van der Waals surface area contributed by atoms with Crippen molar-refractivity contribution in [1.29, 1.82) is 0 Å². The Kier molecular flexibility index (Phi) is 10.2. The second kappa shape index (κ2) is 12.4. The van der Waals surface area contributed by atoms with E-state index >= 15 is 0 Å². The van der Waals surface area contributed by atoms with Crippen molar-refractivity contribution < 1.29 is 35.9 Å². The lowest BCUT2D eigenvalue weighted by Gasteiger charge is -2.37. The first-order chi connectivity index (χ1) is 16.1. The summed E-state index contributed by atoms with van der Waals surface area (Å²) < 4.78 is 74.4. The van der Waals surface area contributed by atoms with Crippen LogP contribution in [0.25, 0.3) is 0 Å². The minimum atomic E-state index is -4.83. The van der Waals surface area contributed by atoms with Gasteiger partial charge in [-0.15, -0.1) is 0 Å². The van der Waals surface area contributed by atoms with Crippen molar-refractivity contribution in [2.24, 2.45) is 17.6 Å². The van der Waals surface area contributed by atoms with Gasteiger partial charge >= 0.3 is 6.18 Å². The van der Waals surface area contributed by atoms with Gasteiger partial charge in [-0.1, -0.05) is 12.8 Å². The largest absolute Gasteiger partial charge is 0.416 e. The van der Waals surface area contributed by atoms with Gasteiger partial charge in [-0.2, -0.15) is 13.2 Å². The first-order valence-corrected chi connectivity index (χ1v) is 11.3. The van der Waals surface area contributed by atoms with Gasteiger partial charge in [0.15, 0.2) is 0 Å². The van der Waals surface area contributed by atoms with Crippen molar-refractivity contribution in [1.82, 2.24) is 10.2 Å². The standard InChI is InChI=1S/C22H28F5N3O2.CH3F/c23-19(24)14-9-15(11-16(10-14)22(25,26)27)20(31)29-12-13-5-7-30(8-6-13)21(32)17-3-1-2-4-18(17)28;1-2/h9-11,13,17-19H,1-8,12,28H2,(H,29,31);1H3/t17-,18+;/m1./s1. The van der Waals surface area contributed by atoms with Crippen LogP contribution in [0.2, 0.25) is 0 Å². The Morgan fingerprint density at radius 1 is 1.06 bits per heavy atom. The zero-order valence-corrected chi connectivity index (χ0v) is 19.0. The smallest absolute Gasteiger partial charge is 0.352 e. The van der Waals surface area contributed by atoms with E-state index in [0.717, 1.165) is 31.7 Å². The van der Waals surface area contributed by atoms with Gasteiger partial charge in [0.2, 0.25) is 5.91 Å². The number of carbonyl (C=O) groups is 2. The van der Waals surface area contributed by atoms with Crippen molar-refractivity contribution in [3.05, 3.63) is 34.9 Å². The van der Waals surface area contributed by atoms with Crippen LogP contribution in [-0.4, -0.2) is 49.6 Å². The van der Waals surface area contributed by atoms with Crippen LogP contribution in [0.3, 0.4) is 0 Å². The third-order valence-corrected chi connectivity index (χ3v) is 6.41. The van der Waals surface area contributed by atoms with Gasteiger partial charge in [0.25, 0.3) is 12.3 Å². The fourth-order valence-electron chi connectivity index (χ4n) is 4.47. The zero-order chi connectivity index (χ0) is 25.5. The highest BCUT2D eigenvalue weighted by atomic mass is 19.4. The first-order valence-electron chi connectivity index (χ1n) is 11.3. The number of amides is 2. The highest BCUT2D eigenvalue weighted by molar-refractivity contribution is 5.94. The Hall–Kier alpha value is -2.30. The number of carbonyl (C=O) groups excluding carboxylic acids is 2. The molecule has 1 aliphatic carbocycles. The highest BCUT2D eigenvalue weighted by Crippen LogP contribution is 2.33. The Morgan fingerprint density at radius 2 is 1.68 bits per heavy atom. The number of piperidine rings is 1. The summed E-state index contributed by atoms with van der Waals surface area (Å²) in [5.41, 5.74) is 3.52. The lowest BCUT2D eigenvalue weighted by atomic mass is 9.83. The number of nitrogens with zero attached hydrogens (tertiary/aromatic N) is 1. The van der Waals surface area contributed by atoms with Crippen LogP contribution in [0.1, 0.15) is 66.4 Å². The molecule has 1 aliphatic heterocycles. The molecule has 1 heterocycles.